The largest absolute Gasteiger partial charge is 0.490 e. The van der Waals surface area contributed by atoms with E-state index in [1.807, 2.05) is 6.07 Å². The van der Waals surface area contributed by atoms with E-state index in [0.717, 1.165) is 24.3 Å². The highest BCUT2D eigenvalue weighted by molar-refractivity contribution is 6.49. The number of carbonyl (C=O) groups excluding carboxylic acids is 1. The Hall–Kier alpha value is -1.80. The summed E-state index contributed by atoms with van der Waals surface area (Å²) < 4.78 is 43.0. The molecule has 7 rings (SSSR count). The highest BCUT2D eigenvalue weighted by Crippen LogP contribution is 2.88. The number of hydrogen-bond donors (Lipinski definition) is 0. The molecule has 1 saturated heterocycles. The third kappa shape index (κ3) is 2.00. The summed E-state index contributed by atoms with van der Waals surface area (Å²) in [6, 6.07) is 3.65. The van der Waals surface area contributed by atoms with Crippen molar-refractivity contribution in [1.29, 1.82) is 0 Å². The van der Waals surface area contributed by atoms with Gasteiger partial charge in [-0.2, -0.15) is 0 Å². The summed E-state index contributed by atoms with van der Waals surface area (Å²) in [6.45, 7) is 7.27. The third-order valence-corrected chi connectivity index (χ3v) is 9.61. The number of esters is 1. The van der Waals surface area contributed by atoms with Gasteiger partial charge in [-0.15, -0.1) is 0 Å². The van der Waals surface area contributed by atoms with Crippen molar-refractivity contribution in [1.82, 2.24) is 0 Å². The number of carbonyl (C=O) groups is 1. The van der Waals surface area contributed by atoms with Crippen LogP contribution in [0.3, 0.4) is 0 Å². The number of ether oxygens (including phenoxy) is 3. The molecule has 1 aromatic carbocycles. The first-order valence-electron chi connectivity index (χ1n) is 11.8. The zero-order valence-corrected chi connectivity index (χ0v) is 18.9. The van der Waals surface area contributed by atoms with Crippen LogP contribution in [0.15, 0.2) is 12.1 Å². The fraction of sp³-hybridized carbons (Fsp3) is 0.708. The smallest absolute Gasteiger partial charge is 0.461 e. The van der Waals surface area contributed by atoms with Crippen molar-refractivity contribution >= 4 is 13.1 Å². The van der Waals surface area contributed by atoms with E-state index in [4.69, 9.17) is 23.5 Å². The quantitative estimate of drug-likeness (QED) is 0.502. The summed E-state index contributed by atoms with van der Waals surface area (Å²) in [5.74, 6) is 0.982. The van der Waals surface area contributed by atoms with Crippen molar-refractivity contribution in [3.8, 4) is 11.5 Å². The van der Waals surface area contributed by atoms with E-state index in [2.05, 4.69) is 13.8 Å². The van der Waals surface area contributed by atoms with Crippen LogP contribution in [0.1, 0.15) is 68.8 Å². The Balaban J connectivity index is 1.19. The molecule has 170 valence electrons. The maximum atomic E-state index is 12.8. The molecular weight excluding hydrogens is 414 g/mol. The van der Waals surface area contributed by atoms with Gasteiger partial charge in [0.1, 0.15) is 30.3 Å². The van der Waals surface area contributed by atoms with E-state index in [-0.39, 0.29) is 42.2 Å². The number of hydrogen-bond acceptors (Lipinski definition) is 6. The Bertz CT molecular complexity index is 1060. The first kappa shape index (κ1) is 19.7. The van der Waals surface area contributed by atoms with E-state index in [0.29, 0.717) is 22.8 Å². The molecule has 2 heterocycles. The molecule has 0 amide bonds. The van der Waals surface area contributed by atoms with Crippen molar-refractivity contribution in [2.75, 3.05) is 13.3 Å². The first-order chi connectivity index (χ1) is 15.2. The number of alkyl halides is 1. The van der Waals surface area contributed by atoms with Crippen LogP contribution in [-0.4, -0.2) is 43.4 Å². The van der Waals surface area contributed by atoms with Gasteiger partial charge in [0, 0.05) is 25.1 Å². The molecule has 32 heavy (non-hydrogen) atoms. The average molecular weight is 442 g/mol. The van der Waals surface area contributed by atoms with Crippen molar-refractivity contribution in [2.45, 2.75) is 75.7 Å². The maximum Gasteiger partial charge on any atom is 0.461 e. The van der Waals surface area contributed by atoms with Crippen molar-refractivity contribution in [2.24, 2.45) is 17.3 Å². The van der Waals surface area contributed by atoms with Crippen LogP contribution in [0.25, 0.3) is 0 Å². The molecule has 1 spiro atoms. The molecule has 0 radical (unpaired) electrons. The molecular formula is C24H28BFO6. The molecule has 8 heteroatoms. The Morgan fingerprint density at radius 2 is 1.97 bits per heavy atom. The first-order valence-corrected chi connectivity index (χ1v) is 11.8. The molecule has 2 aliphatic heterocycles. The van der Waals surface area contributed by atoms with Gasteiger partial charge in [0.05, 0.1) is 11.2 Å². The van der Waals surface area contributed by atoms with Gasteiger partial charge in [-0.3, -0.25) is 0 Å². The zero-order chi connectivity index (χ0) is 22.3. The van der Waals surface area contributed by atoms with E-state index in [1.54, 1.807) is 19.9 Å². The van der Waals surface area contributed by atoms with Gasteiger partial charge < -0.3 is 23.5 Å². The standard InChI is InChI=1S/C24H28BFO6/c1-21(2)29-19-13(5-6-16(28-8-7-26)18(19)20(27)30-21)14-10-15(14)25-31-23(4)17-9-12-11-24(23,32-25)22(12,17)3/h5-6,12,14-15,17H,7-11H2,1-4H3/t12?,14?,15?,17?,22?,23-,24?/m0/s1. The van der Waals surface area contributed by atoms with Gasteiger partial charge >= 0.3 is 13.1 Å². The fourth-order valence-corrected chi connectivity index (χ4v) is 7.95. The predicted molar refractivity (Wildman–Crippen MR) is 113 cm³/mol. The number of halogens is 1. The number of fused-ring (bicyclic) bond motifs is 2. The van der Waals surface area contributed by atoms with E-state index >= 15 is 0 Å². The monoisotopic (exact) mass is 442 g/mol. The normalized spacial score (nSPS) is 45.8. The van der Waals surface area contributed by atoms with Gasteiger partial charge in [-0.1, -0.05) is 13.0 Å². The SMILES string of the molecule is CC1(C)OC(=O)c2c(OCCF)ccc(C3CC3B3OC45CC6CC(C64C)[C@]5(C)O3)c2O1. The second-order valence-electron chi connectivity index (χ2n) is 11.3. The minimum Gasteiger partial charge on any atom is -0.490 e. The molecule has 5 fully saturated rings. The van der Waals surface area contributed by atoms with Crippen molar-refractivity contribution in [3.63, 3.8) is 0 Å². The highest BCUT2D eigenvalue weighted by atomic mass is 19.1. The Kier molecular flexibility index (Phi) is 3.46. The summed E-state index contributed by atoms with van der Waals surface area (Å²) in [5, 5.41) is 0. The van der Waals surface area contributed by atoms with E-state index < -0.39 is 18.4 Å². The minimum atomic E-state index is -1.08. The zero-order valence-electron chi connectivity index (χ0n) is 18.9. The molecule has 6 aliphatic rings. The van der Waals surface area contributed by atoms with Crippen LogP contribution in [0.2, 0.25) is 5.82 Å². The highest BCUT2D eigenvalue weighted by Gasteiger charge is 2.94. The second kappa shape index (κ2) is 5.64. The lowest BCUT2D eigenvalue weighted by Crippen LogP contribution is -2.92. The number of benzene rings is 1. The summed E-state index contributed by atoms with van der Waals surface area (Å²) in [5.41, 5.74) is 1.20. The molecule has 6 nitrogen and oxygen atoms in total. The van der Waals surface area contributed by atoms with Crippen molar-refractivity contribution < 1.29 is 32.7 Å². The third-order valence-electron chi connectivity index (χ3n) is 9.61. The minimum absolute atomic E-state index is 0.114. The van der Waals surface area contributed by atoms with Gasteiger partial charge in [-0.25, -0.2) is 9.18 Å². The second-order valence-corrected chi connectivity index (χ2v) is 11.3. The summed E-state index contributed by atoms with van der Waals surface area (Å²) >= 11 is 0. The summed E-state index contributed by atoms with van der Waals surface area (Å²) in [7, 11) is -0.227. The molecule has 1 aromatic rings. The van der Waals surface area contributed by atoms with Crippen LogP contribution < -0.4 is 9.47 Å². The molecule has 4 saturated carbocycles. The lowest BCUT2D eigenvalue weighted by atomic mass is 9.21. The van der Waals surface area contributed by atoms with Crippen LogP contribution in [0.5, 0.6) is 11.5 Å². The molecule has 6 unspecified atom stereocenters. The predicted octanol–water partition coefficient (Wildman–Crippen LogP) is 4.27. The van der Waals surface area contributed by atoms with Gasteiger partial charge in [0.15, 0.2) is 0 Å². The van der Waals surface area contributed by atoms with Crippen molar-refractivity contribution in [3.05, 3.63) is 23.3 Å². The van der Waals surface area contributed by atoms with Crippen LogP contribution >= 0.6 is 0 Å². The molecule has 7 atom stereocenters. The van der Waals surface area contributed by atoms with Gasteiger partial charge in [0.25, 0.3) is 0 Å². The lowest BCUT2D eigenvalue weighted by molar-refractivity contribution is -0.429. The molecule has 0 aromatic heterocycles. The Morgan fingerprint density at radius 1 is 1.16 bits per heavy atom. The Labute approximate surface area is 187 Å². The summed E-state index contributed by atoms with van der Waals surface area (Å²) in [6.07, 6.45) is 3.29. The van der Waals surface area contributed by atoms with E-state index in [1.165, 1.54) is 6.42 Å². The van der Waals surface area contributed by atoms with Crippen LogP contribution in [0, 0.1) is 17.3 Å². The van der Waals surface area contributed by atoms with Crippen LogP contribution in [-0.2, 0) is 14.0 Å². The number of rotatable bonds is 5. The Morgan fingerprint density at radius 3 is 2.66 bits per heavy atom. The van der Waals surface area contributed by atoms with Gasteiger partial charge in [-0.05, 0) is 55.6 Å². The lowest BCUT2D eigenvalue weighted by Gasteiger charge is -2.87. The summed E-state index contributed by atoms with van der Waals surface area (Å²) in [4.78, 5) is 12.8. The van der Waals surface area contributed by atoms with E-state index in [9.17, 15) is 9.18 Å². The van der Waals surface area contributed by atoms with Gasteiger partial charge in [0.2, 0.25) is 5.79 Å². The number of cyclic esters (lactones) is 1. The molecule has 4 aliphatic carbocycles. The maximum absolute atomic E-state index is 12.8. The van der Waals surface area contributed by atoms with Crippen LogP contribution in [0.4, 0.5) is 4.39 Å². The fourth-order valence-electron chi connectivity index (χ4n) is 7.95. The average Bonchev–Trinajstić information content (AvgIpc) is 3.45. The molecule has 0 N–H and O–H groups in total. The molecule has 0 bridgehead atoms. The topological polar surface area (TPSA) is 63.2 Å².